The molecule has 2 rings (SSSR count). The molecule has 0 aliphatic carbocycles. The summed E-state index contributed by atoms with van der Waals surface area (Å²) < 4.78 is 27.6. The van der Waals surface area contributed by atoms with Gasteiger partial charge in [-0.3, -0.25) is 0 Å². The summed E-state index contributed by atoms with van der Waals surface area (Å²) in [6, 6.07) is 6.68. The highest BCUT2D eigenvalue weighted by molar-refractivity contribution is 7.90. The van der Waals surface area contributed by atoms with Crippen LogP contribution in [0.15, 0.2) is 41.6 Å². The highest BCUT2D eigenvalue weighted by atomic mass is 32.2. The minimum atomic E-state index is -3.15. The topological polar surface area (TPSA) is 81.2 Å². The van der Waals surface area contributed by atoms with E-state index < -0.39 is 9.84 Å². The van der Waals surface area contributed by atoms with Gasteiger partial charge in [0.1, 0.15) is 0 Å². The second-order valence-corrected chi connectivity index (χ2v) is 6.23. The number of ether oxygens (including phenoxy) is 1. The van der Waals surface area contributed by atoms with Crippen molar-refractivity contribution in [1.29, 1.82) is 0 Å². The molecule has 0 aliphatic rings. The minimum Gasteiger partial charge on any atom is -0.494 e. The van der Waals surface area contributed by atoms with Crippen LogP contribution >= 0.6 is 0 Å². The molecule has 0 unspecified atom stereocenters. The summed E-state index contributed by atoms with van der Waals surface area (Å²) in [5.74, 6) is 1.08. The van der Waals surface area contributed by atoms with Crippen molar-refractivity contribution in [3.63, 3.8) is 0 Å². The third-order valence-electron chi connectivity index (χ3n) is 2.67. The van der Waals surface area contributed by atoms with Gasteiger partial charge in [0.25, 0.3) is 0 Å². The molecule has 0 amide bonds. The first-order valence-corrected chi connectivity index (χ1v) is 7.77. The van der Waals surface area contributed by atoms with Gasteiger partial charge in [0.05, 0.1) is 24.4 Å². The molecule has 0 saturated heterocycles. The van der Waals surface area contributed by atoms with Crippen LogP contribution < -0.4 is 10.1 Å². The van der Waals surface area contributed by atoms with Crippen LogP contribution in [0.25, 0.3) is 0 Å². The van der Waals surface area contributed by atoms with Crippen molar-refractivity contribution in [2.75, 3.05) is 18.7 Å². The number of benzene rings is 1. The average molecular weight is 293 g/mol. The first-order chi connectivity index (χ1) is 9.49. The fourth-order valence-corrected chi connectivity index (χ4v) is 2.18. The van der Waals surface area contributed by atoms with E-state index in [0.717, 1.165) is 5.56 Å². The monoisotopic (exact) mass is 293 g/mol. The molecule has 20 heavy (non-hydrogen) atoms. The van der Waals surface area contributed by atoms with Crippen LogP contribution in [0.3, 0.4) is 0 Å². The van der Waals surface area contributed by atoms with Gasteiger partial charge >= 0.3 is 0 Å². The highest BCUT2D eigenvalue weighted by Gasteiger charge is 2.06. The van der Waals surface area contributed by atoms with Crippen molar-refractivity contribution in [1.82, 2.24) is 9.97 Å². The van der Waals surface area contributed by atoms with Crippen LogP contribution in [0, 0.1) is 0 Å². The first kappa shape index (κ1) is 14.3. The molecule has 0 saturated carbocycles. The number of hydrogen-bond donors (Lipinski definition) is 1. The Morgan fingerprint density at radius 1 is 1.15 bits per heavy atom. The van der Waals surface area contributed by atoms with Crippen LogP contribution in [-0.4, -0.2) is 31.8 Å². The minimum absolute atomic E-state index is 0.307. The van der Waals surface area contributed by atoms with Crippen molar-refractivity contribution in [2.45, 2.75) is 11.4 Å². The van der Waals surface area contributed by atoms with Crippen LogP contribution in [-0.2, 0) is 16.4 Å². The summed E-state index contributed by atoms with van der Waals surface area (Å²) in [6.45, 7) is 0.510. The van der Waals surface area contributed by atoms with Crippen molar-refractivity contribution < 1.29 is 13.2 Å². The van der Waals surface area contributed by atoms with Gasteiger partial charge in [-0.15, -0.1) is 0 Å². The summed E-state index contributed by atoms with van der Waals surface area (Å²) in [5.41, 5.74) is 0.941. The Labute approximate surface area is 117 Å². The summed E-state index contributed by atoms with van der Waals surface area (Å²) in [5, 5.41) is 3.04. The lowest BCUT2D eigenvalue weighted by atomic mass is 10.2. The maximum atomic E-state index is 11.3. The standard InChI is InChI=1S/C13H15N3O3S/c1-19-11-8-15-13(16-9-11)14-7-10-3-5-12(6-4-10)20(2,17)18/h3-6,8-9H,7H2,1-2H3,(H,14,15,16). The predicted molar refractivity (Wildman–Crippen MR) is 75.5 cm³/mol. The molecule has 1 aromatic carbocycles. The number of nitrogens with zero attached hydrogens (tertiary/aromatic N) is 2. The molecule has 0 radical (unpaired) electrons. The van der Waals surface area contributed by atoms with E-state index in [2.05, 4.69) is 15.3 Å². The fourth-order valence-electron chi connectivity index (χ4n) is 1.55. The normalized spacial score (nSPS) is 11.1. The number of sulfone groups is 1. The lowest BCUT2D eigenvalue weighted by Gasteiger charge is -2.06. The molecule has 7 heteroatoms. The van der Waals surface area contributed by atoms with E-state index >= 15 is 0 Å². The first-order valence-electron chi connectivity index (χ1n) is 5.88. The van der Waals surface area contributed by atoms with Crippen LogP contribution in [0.4, 0.5) is 5.95 Å². The zero-order chi connectivity index (χ0) is 14.6. The Kier molecular flexibility index (Phi) is 4.19. The summed E-state index contributed by atoms with van der Waals surface area (Å²) in [4.78, 5) is 8.46. The van der Waals surface area contributed by atoms with Crippen molar-refractivity contribution in [2.24, 2.45) is 0 Å². The SMILES string of the molecule is COc1cnc(NCc2ccc(S(C)(=O)=O)cc2)nc1. The molecular formula is C13H15N3O3S. The largest absolute Gasteiger partial charge is 0.494 e. The molecule has 0 bridgehead atoms. The third kappa shape index (κ3) is 3.67. The number of hydrogen-bond acceptors (Lipinski definition) is 6. The number of anilines is 1. The van der Waals surface area contributed by atoms with E-state index in [4.69, 9.17) is 4.74 Å². The Hall–Kier alpha value is -2.15. The van der Waals surface area contributed by atoms with E-state index in [1.807, 2.05) is 0 Å². The molecule has 1 aromatic heterocycles. The van der Waals surface area contributed by atoms with Gasteiger partial charge in [-0.05, 0) is 17.7 Å². The zero-order valence-corrected chi connectivity index (χ0v) is 12.0. The second kappa shape index (κ2) is 5.87. The van der Waals surface area contributed by atoms with Gasteiger partial charge in [0.15, 0.2) is 15.6 Å². The molecule has 106 valence electrons. The number of rotatable bonds is 5. The number of nitrogens with one attached hydrogen (secondary N) is 1. The van der Waals surface area contributed by atoms with Gasteiger partial charge in [-0.1, -0.05) is 12.1 Å². The Morgan fingerprint density at radius 3 is 2.25 bits per heavy atom. The molecular weight excluding hydrogens is 278 g/mol. The van der Waals surface area contributed by atoms with Gasteiger partial charge in [-0.2, -0.15) is 0 Å². The van der Waals surface area contributed by atoms with Crippen LogP contribution in [0.1, 0.15) is 5.56 Å². The molecule has 0 aliphatic heterocycles. The van der Waals surface area contributed by atoms with Crippen molar-refractivity contribution in [3.05, 3.63) is 42.2 Å². The maximum absolute atomic E-state index is 11.3. The Morgan fingerprint density at radius 2 is 1.75 bits per heavy atom. The Bertz CT molecular complexity index is 667. The molecule has 1 heterocycles. The smallest absolute Gasteiger partial charge is 0.223 e. The van der Waals surface area contributed by atoms with Gasteiger partial charge in [0.2, 0.25) is 5.95 Å². The van der Waals surface area contributed by atoms with E-state index in [9.17, 15) is 8.42 Å². The lowest BCUT2D eigenvalue weighted by Crippen LogP contribution is -2.04. The molecule has 0 atom stereocenters. The number of aromatic nitrogens is 2. The van der Waals surface area contributed by atoms with Gasteiger partial charge in [-0.25, -0.2) is 18.4 Å². The average Bonchev–Trinajstić information content (AvgIpc) is 2.45. The van der Waals surface area contributed by atoms with Crippen molar-refractivity contribution in [3.8, 4) is 5.75 Å². The van der Waals surface area contributed by atoms with E-state index in [0.29, 0.717) is 23.1 Å². The molecule has 1 N–H and O–H groups in total. The summed E-state index contributed by atoms with van der Waals surface area (Å²) in [7, 11) is -1.60. The Balaban J connectivity index is 2.00. The molecule has 0 fully saturated rings. The summed E-state index contributed by atoms with van der Waals surface area (Å²) in [6.07, 6.45) is 4.33. The molecule has 6 nitrogen and oxygen atoms in total. The van der Waals surface area contributed by atoms with Gasteiger partial charge < -0.3 is 10.1 Å². The maximum Gasteiger partial charge on any atom is 0.223 e. The molecule has 0 spiro atoms. The second-order valence-electron chi connectivity index (χ2n) is 4.22. The van der Waals surface area contributed by atoms with E-state index in [-0.39, 0.29) is 0 Å². The zero-order valence-electron chi connectivity index (χ0n) is 11.2. The lowest BCUT2D eigenvalue weighted by molar-refractivity contribution is 0.411. The van der Waals surface area contributed by atoms with E-state index in [1.165, 1.54) is 6.26 Å². The predicted octanol–water partition coefficient (Wildman–Crippen LogP) is 1.50. The number of methoxy groups -OCH3 is 1. The van der Waals surface area contributed by atoms with Crippen LogP contribution in [0.5, 0.6) is 5.75 Å². The van der Waals surface area contributed by atoms with Crippen molar-refractivity contribution >= 4 is 15.8 Å². The molecule has 2 aromatic rings. The highest BCUT2D eigenvalue weighted by Crippen LogP contribution is 2.12. The van der Waals surface area contributed by atoms with E-state index in [1.54, 1.807) is 43.8 Å². The summed E-state index contributed by atoms with van der Waals surface area (Å²) >= 11 is 0. The van der Waals surface area contributed by atoms with Crippen LogP contribution in [0.2, 0.25) is 0 Å². The fraction of sp³-hybridized carbons (Fsp3) is 0.231. The third-order valence-corrected chi connectivity index (χ3v) is 3.79. The van der Waals surface area contributed by atoms with Gasteiger partial charge in [0, 0.05) is 12.8 Å². The quantitative estimate of drug-likeness (QED) is 0.899.